The van der Waals surface area contributed by atoms with Crippen LogP contribution in [0, 0.1) is 24.4 Å². The van der Waals surface area contributed by atoms with Crippen LogP contribution in [0.15, 0.2) is 24.3 Å². The Kier molecular flexibility index (Phi) is 5.57. The maximum absolute atomic E-state index is 14.7. The molecule has 0 saturated carbocycles. The average molecular weight is 425 g/mol. The van der Waals surface area contributed by atoms with Crippen LogP contribution in [0.1, 0.15) is 28.5 Å². The lowest BCUT2D eigenvalue weighted by Gasteiger charge is -2.09. The van der Waals surface area contributed by atoms with Gasteiger partial charge in [-0.3, -0.25) is 14.2 Å². The number of amides is 1. The van der Waals surface area contributed by atoms with Gasteiger partial charge < -0.3 is 10.4 Å². The van der Waals surface area contributed by atoms with Gasteiger partial charge in [-0.05, 0) is 37.6 Å². The highest BCUT2D eigenvalue weighted by atomic mass is 35.5. The van der Waals surface area contributed by atoms with Crippen LogP contribution in [-0.2, 0) is 11.2 Å². The number of nitrogens with one attached hydrogen (secondary N) is 1. The van der Waals surface area contributed by atoms with Crippen LogP contribution in [-0.4, -0.2) is 28.0 Å². The van der Waals surface area contributed by atoms with E-state index in [9.17, 15) is 27.9 Å². The molecule has 0 atom stereocenters. The Morgan fingerprint density at radius 1 is 1.17 bits per heavy atom. The van der Waals surface area contributed by atoms with Crippen molar-refractivity contribution in [2.75, 3.05) is 6.54 Å². The van der Waals surface area contributed by atoms with Crippen molar-refractivity contribution in [3.63, 3.8) is 0 Å². The summed E-state index contributed by atoms with van der Waals surface area (Å²) in [4.78, 5) is 25.1. The SMILES string of the molecule is CCNC(=O)Cc1c(C)n(C(=O)c2ccc(Cl)c(F)c2)c2cc(F)c(O)c(F)c12. The molecule has 0 aliphatic rings. The molecule has 1 aromatic heterocycles. The first-order valence-corrected chi connectivity index (χ1v) is 9.02. The van der Waals surface area contributed by atoms with Gasteiger partial charge in [0.1, 0.15) is 5.82 Å². The van der Waals surface area contributed by atoms with E-state index in [2.05, 4.69) is 5.32 Å². The third-order valence-corrected chi connectivity index (χ3v) is 4.88. The molecule has 29 heavy (non-hydrogen) atoms. The van der Waals surface area contributed by atoms with Gasteiger partial charge in [-0.15, -0.1) is 0 Å². The number of hydrogen-bond acceptors (Lipinski definition) is 3. The van der Waals surface area contributed by atoms with Gasteiger partial charge in [0.05, 0.1) is 17.0 Å². The summed E-state index contributed by atoms with van der Waals surface area (Å²) in [6.07, 6.45) is -0.298. The summed E-state index contributed by atoms with van der Waals surface area (Å²) in [7, 11) is 0. The van der Waals surface area contributed by atoms with Crippen LogP contribution < -0.4 is 5.32 Å². The molecule has 152 valence electrons. The highest BCUT2D eigenvalue weighted by molar-refractivity contribution is 6.30. The van der Waals surface area contributed by atoms with Crippen molar-refractivity contribution in [2.45, 2.75) is 20.3 Å². The Morgan fingerprint density at radius 3 is 2.48 bits per heavy atom. The molecule has 0 aliphatic carbocycles. The molecule has 3 rings (SSSR count). The molecule has 3 aromatic rings. The van der Waals surface area contributed by atoms with Crippen molar-refractivity contribution in [1.29, 1.82) is 0 Å². The van der Waals surface area contributed by atoms with E-state index in [1.165, 1.54) is 19.1 Å². The number of phenols is 1. The number of aromatic hydroxyl groups is 1. The van der Waals surface area contributed by atoms with E-state index in [0.29, 0.717) is 6.54 Å². The largest absolute Gasteiger partial charge is 0.503 e. The minimum absolute atomic E-state index is 0.106. The predicted molar refractivity (Wildman–Crippen MR) is 102 cm³/mol. The lowest BCUT2D eigenvalue weighted by molar-refractivity contribution is -0.120. The molecule has 5 nitrogen and oxygen atoms in total. The fraction of sp³-hybridized carbons (Fsp3) is 0.200. The van der Waals surface area contributed by atoms with Crippen LogP contribution in [0.3, 0.4) is 0 Å². The van der Waals surface area contributed by atoms with Crippen molar-refractivity contribution in [1.82, 2.24) is 9.88 Å². The first-order valence-electron chi connectivity index (χ1n) is 8.64. The fourth-order valence-corrected chi connectivity index (χ4v) is 3.33. The van der Waals surface area contributed by atoms with E-state index < -0.39 is 35.0 Å². The first-order chi connectivity index (χ1) is 13.7. The van der Waals surface area contributed by atoms with Crippen LogP contribution in [0.2, 0.25) is 5.02 Å². The molecule has 0 unspecified atom stereocenters. The normalized spacial score (nSPS) is 11.1. The standard InChI is InChI=1S/C20H16ClF3N2O3/c1-3-25-16(27)7-11-9(2)26(15-8-14(23)19(28)18(24)17(11)15)20(29)10-4-5-12(21)13(22)6-10/h4-6,8,28H,3,7H2,1-2H3,(H,25,27). The Hall–Kier alpha value is -3.00. The fourth-order valence-electron chi connectivity index (χ4n) is 3.21. The van der Waals surface area contributed by atoms with E-state index in [1.54, 1.807) is 6.92 Å². The molecular weight excluding hydrogens is 409 g/mol. The number of phenolic OH excluding ortho intramolecular Hbond substituents is 1. The number of aromatic nitrogens is 1. The highest BCUT2D eigenvalue weighted by Crippen LogP contribution is 2.35. The number of likely N-dealkylation sites (N-methyl/N-ethyl adjacent to an activating group) is 1. The lowest BCUT2D eigenvalue weighted by atomic mass is 10.1. The molecular formula is C20H16ClF3N2O3. The maximum Gasteiger partial charge on any atom is 0.262 e. The number of carbonyl (C=O) groups is 2. The van der Waals surface area contributed by atoms with Crippen molar-refractivity contribution in [2.24, 2.45) is 0 Å². The highest BCUT2D eigenvalue weighted by Gasteiger charge is 2.27. The average Bonchev–Trinajstić information content (AvgIpc) is 2.93. The second kappa shape index (κ2) is 7.79. The summed E-state index contributed by atoms with van der Waals surface area (Å²) in [5.41, 5.74) is -0.0163. The smallest absolute Gasteiger partial charge is 0.262 e. The Bertz CT molecular complexity index is 1160. The molecule has 1 heterocycles. The number of halogens is 4. The van der Waals surface area contributed by atoms with E-state index in [0.717, 1.165) is 16.7 Å². The molecule has 0 spiro atoms. The third-order valence-electron chi connectivity index (χ3n) is 4.57. The molecule has 2 N–H and O–H groups in total. The molecule has 9 heteroatoms. The van der Waals surface area contributed by atoms with Gasteiger partial charge in [-0.1, -0.05) is 11.6 Å². The summed E-state index contributed by atoms with van der Waals surface area (Å²) >= 11 is 5.64. The molecule has 0 bridgehead atoms. The van der Waals surface area contributed by atoms with E-state index in [-0.39, 0.29) is 39.2 Å². The Morgan fingerprint density at radius 2 is 1.86 bits per heavy atom. The first kappa shape index (κ1) is 20.7. The van der Waals surface area contributed by atoms with Crippen LogP contribution >= 0.6 is 11.6 Å². The summed E-state index contributed by atoms with van der Waals surface area (Å²) in [5, 5.41) is 11.8. The van der Waals surface area contributed by atoms with Crippen LogP contribution in [0.4, 0.5) is 13.2 Å². The molecule has 2 aromatic carbocycles. The van der Waals surface area contributed by atoms with Gasteiger partial charge in [0.2, 0.25) is 5.91 Å². The minimum atomic E-state index is -1.28. The van der Waals surface area contributed by atoms with Crippen molar-refractivity contribution in [3.8, 4) is 5.75 Å². The Balaban J connectivity index is 2.29. The van der Waals surface area contributed by atoms with Gasteiger partial charge >= 0.3 is 0 Å². The van der Waals surface area contributed by atoms with E-state index in [4.69, 9.17) is 11.6 Å². The molecule has 0 saturated heterocycles. The van der Waals surface area contributed by atoms with Gasteiger partial charge in [-0.25, -0.2) is 13.2 Å². The van der Waals surface area contributed by atoms with Gasteiger partial charge in [0, 0.05) is 29.3 Å². The topological polar surface area (TPSA) is 71.3 Å². The van der Waals surface area contributed by atoms with Gasteiger partial charge in [0.25, 0.3) is 5.91 Å². The second-order valence-corrected chi connectivity index (χ2v) is 6.79. The second-order valence-electron chi connectivity index (χ2n) is 6.38. The van der Waals surface area contributed by atoms with Crippen LogP contribution in [0.5, 0.6) is 5.75 Å². The summed E-state index contributed by atoms with van der Waals surface area (Å²) in [6.45, 7) is 3.49. The number of nitrogens with zero attached hydrogens (tertiary/aromatic N) is 1. The number of hydrogen-bond donors (Lipinski definition) is 2. The van der Waals surface area contributed by atoms with Crippen LogP contribution in [0.25, 0.3) is 10.9 Å². The number of carbonyl (C=O) groups excluding carboxylic acids is 2. The zero-order chi connectivity index (χ0) is 21.5. The minimum Gasteiger partial charge on any atom is -0.503 e. The zero-order valence-electron chi connectivity index (χ0n) is 15.4. The number of fused-ring (bicyclic) bond motifs is 1. The molecule has 0 radical (unpaired) electrons. The van der Waals surface area contributed by atoms with E-state index in [1.807, 2.05) is 0 Å². The number of benzene rings is 2. The quantitative estimate of drug-likeness (QED) is 0.662. The third kappa shape index (κ3) is 3.55. The monoisotopic (exact) mass is 424 g/mol. The number of rotatable bonds is 4. The van der Waals surface area contributed by atoms with Crippen molar-refractivity contribution in [3.05, 3.63) is 63.6 Å². The van der Waals surface area contributed by atoms with Crippen molar-refractivity contribution < 1.29 is 27.9 Å². The maximum atomic E-state index is 14.7. The predicted octanol–water partition coefficient (Wildman–Crippen LogP) is 4.09. The molecule has 0 aliphatic heterocycles. The van der Waals surface area contributed by atoms with E-state index >= 15 is 0 Å². The summed E-state index contributed by atoms with van der Waals surface area (Å²) in [5.74, 6) is -5.80. The zero-order valence-corrected chi connectivity index (χ0v) is 16.2. The summed E-state index contributed by atoms with van der Waals surface area (Å²) in [6, 6.07) is 4.17. The molecule has 1 amide bonds. The molecule has 0 fully saturated rings. The van der Waals surface area contributed by atoms with Gasteiger partial charge in [0.15, 0.2) is 17.4 Å². The van der Waals surface area contributed by atoms with Crippen molar-refractivity contribution >= 4 is 34.3 Å². The van der Waals surface area contributed by atoms with Gasteiger partial charge in [-0.2, -0.15) is 0 Å². The lowest BCUT2D eigenvalue weighted by Crippen LogP contribution is -2.25. The Labute approximate surface area is 168 Å². The summed E-state index contributed by atoms with van der Waals surface area (Å²) < 4.78 is 43.5.